The molecule has 2 atom stereocenters. The molecule has 0 bridgehead atoms. The molecule has 0 aromatic heterocycles. The van der Waals surface area contributed by atoms with Crippen molar-refractivity contribution in [3.05, 3.63) is 29.8 Å². The first-order valence-corrected chi connectivity index (χ1v) is 10.1. The maximum Gasteiger partial charge on any atom is 0.257 e. The number of benzene rings is 1. The molecule has 0 unspecified atom stereocenters. The summed E-state index contributed by atoms with van der Waals surface area (Å²) >= 11 is 0. The molecule has 2 aliphatic rings. The van der Waals surface area contributed by atoms with Crippen molar-refractivity contribution < 1.29 is 9.53 Å². The fourth-order valence-electron chi connectivity index (χ4n) is 4.02. The van der Waals surface area contributed by atoms with Gasteiger partial charge >= 0.3 is 0 Å². The van der Waals surface area contributed by atoms with Gasteiger partial charge in [0.05, 0.1) is 5.56 Å². The third kappa shape index (κ3) is 4.75. The highest BCUT2D eigenvalue weighted by Crippen LogP contribution is 2.27. The highest BCUT2D eigenvalue weighted by atomic mass is 16.5. The lowest BCUT2D eigenvalue weighted by atomic mass is 9.92. The van der Waals surface area contributed by atoms with E-state index in [1.807, 2.05) is 29.2 Å². The molecular formula is C21H32N2O2. The molecule has 0 spiro atoms. The van der Waals surface area contributed by atoms with Gasteiger partial charge in [-0.15, -0.1) is 0 Å². The zero-order valence-electron chi connectivity index (χ0n) is 15.5. The predicted molar refractivity (Wildman–Crippen MR) is 101 cm³/mol. The SMILES string of the molecule is CCN1CCCCCCN[C@@H]2CCCC[C@@H]2Oc2ccccc2C1=O. The zero-order chi connectivity index (χ0) is 17.5. The lowest BCUT2D eigenvalue weighted by Crippen LogP contribution is -2.45. The van der Waals surface area contributed by atoms with Crippen molar-refractivity contribution in [1.82, 2.24) is 10.2 Å². The zero-order valence-corrected chi connectivity index (χ0v) is 15.5. The number of carbonyl (C=O) groups is 1. The molecule has 1 saturated carbocycles. The lowest BCUT2D eigenvalue weighted by molar-refractivity contribution is 0.0739. The van der Waals surface area contributed by atoms with Crippen LogP contribution in [0.4, 0.5) is 0 Å². The largest absolute Gasteiger partial charge is 0.488 e. The van der Waals surface area contributed by atoms with Gasteiger partial charge in [-0.25, -0.2) is 0 Å². The molecule has 1 aliphatic carbocycles. The van der Waals surface area contributed by atoms with Gasteiger partial charge in [0, 0.05) is 19.1 Å². The number of nitrogens with one attached hydrogen (secondary N) is 1. The number of fused-ring (bicyclic) bond motifs is 2. The van der Waals surface area contributed by atoms with E-state index in [4.69, 9.17) is 4.74 Å². The fourth-order valence-corrected chi connectivity index (χ4v) is 4.02. The normalized spacial score (nSPS) is 26.1. The molecule has 1 aromatic rings. The van der Waals surface area contributed by atoms with Crippen LogP contribution in [-0.2, 0) is 0 Å². The van der Waals surface area contributed by atoms with Crippen molar-refractivity contribution in [2.45, 2.75) is 70.4 Å². The van der Waals surface area contributed by atoms with Gasteiger partial charge in [0.15, 0.2) is 0 Å². The van der Waals surface area contributed by atoms with E-state index in [0.29, 0.717) is 11.6 Å². The first-order chi connectivity index (χ1) is 12.3. The second-order valence-electron chi connectivity index (χ2n) is 7.30. The van der Waals surface area contributed by atoms with Crippen LogP contribution >= 0.6 is 0 Å². The minimum atomic E-state index is 0.107. The van der Waals surface area contributed by atoms with Crippen LogP contribution in [0.2, 0.25) is 0 Å². The van der Waals surface area contributed by atoms with Crippen LogP contribution in [0.1, 0.15) is 68.6 Å². The Hall–Kier alpha value is -1.55. The van der Waals surface area contributed by atoms with Gasteiger partial charge in [-0.05, 0) is 57.7 Å². The molecule has 138 valence electrons. The Labute approximate surface area is 151 Å². The molecule has 25 heavy (non-hydrogen) atoms. The van der Waals surface area contributed by atoms with E-state index >= 15 is 0 Å². The van der Waals surface area contributed by atoms with Crippen molar-refractivity contribution in [2.75, 3.05) is 19.6 Å². The number of ether oxygens (including phenoxy) is 1. The first kappa shape index (κ1) is 18.2. The van der Waals surface area contributed by atoms with E-state index in [0.717, 1.165) is 38.2 Å². The van der Waals surface area contributed by atoms with Crippen molar-refractivity contribution in [3.63, 3.8) is 0 Å². The maximum atomic E-state index is 13.0. The van der Waals surface area contributed by atoms with E-state index in [9.17, 15) is 4.79 Å². The van der Waals surface area contributed by atoms with Crippen LogP contribution in [-0.4, -0.2) is 42.6 Å². The van der Waals surface area contributed by atoms with E-state index in [1.54, 1.807) is 0 Å². The van der Waals surface area contributed by atoms with Gasteiger partial charge in [-0.2, -0.15) is 0 Å². The summed E-state index contributed by atoms with van der Waals surface area (Å²) in [5.41, 5.74) is 0.714. The second-order valence-corrected chi connectivity index (χ2v) is 7.30. The van der Waals surface area contributed by atoms with Crippen LogP contribution < -0.4 is 10.1 Å². The molecule has 4 nitrogen and oxygen atoms in total. The summed E-state index contributed by atoms with van der Waals surface area (Å²) in [5.74, 6) is 0.859. The number of nitrogens with zero attached hydrogens (tertiary/aromatic N) is 1. The Morgan fingerprint density at radius 1 is 1.08 bits per heavy atom. The Morgan fingerprint density at radius 2 is 1.88 bits per heavy atom. The van der Waals surface area contributed by atoms with Crippen molar-refractivity contribution in [3.8, 4) is 5.75 Å². The van der Waals surface area contributed by atoms with E-state index in [2.05, 4.69) is 12.2 Å². The molecule has 0 radical (unpaired) electrons. The summed E-state index contributed by atoms with van der Waals surface area (Å²) < 4.78 is 6.40. The summed E-state index contributed by atoms with van der Waals surface area (Å²) in [6.07, 6.45) is 9.59. The van der Waals surface area contributed by atoms with E-state index in [1.165, 1.54) is 38.5 Å². The van der Waals surface area contributed by atoms with Crippen LogP contribution in [0.15, 0.2) is 24.3 Å². The summed E-state index contributed by atoms with van der Waals surface area (Å²) in [6, 6.07) is 8.18. The minimum Gasteiger partial charge on any atom is -0.488 e. The summed E-state index contributed by atoms with van der Waals surface area (Å²) in [5, 5.41) is 3.72. The van der Waals surface area contributed by atoms with Gasteiger partial charge in [0.25, 0.3) is 5.91 Å². The molecular weight excluding hydrogens is 312 g/mol. The maximum absolute atomic E-state index is 13.0. The quantitative estimate of drug-likeness (QED) is 0.837. The van der Waals surface area contributed by atoms with E-state index in [-0.39, 0.29) is 12.0 Å². The van der Waals surface area contributed by atoms with Crippen molar-refractivity contribution in [2.24, 2.45) is 0 Å². The molecule has 1 fully saturated rings. The molecule has 1 aromatic carbocycles. The predicted octanol–water partition coefficient (Wildman–Crippen LogP) is 4.00. The number of rotatable bonds is 1. The molecule has 1 N–H and O–H groups in total. The molecule has 4 heteroatoms. The van der Waals surface area contributed by atoms with Crippen molar-refractivity contribution >= 4 is 5.91 Å². The third-order valence-corrected chi connectivity index (χ3v) is 5.53. The highest BCUT2D eigenvalue weighted by Gasteiger charge is 2.28. The van der Waals surface area contributed by atoms with Crippen LogP contribution in [0.5, 0.6) is 5.75 Å². The second kappa shape index (κ2) is 9.23. The van der Waals surface area contributed by atoms with Gasteiger partial charge in [-0.3, -0.25) is 4.79 Å². The third-order valence-electron chi connectivity index (χ3n) is 5.53. The number of hydrogen-bond donors (Lipinski definition) is 1. The molecule has 3 rings (SSSR count). The Bertz CT molecular complexity index is 561. The van der Waals surface area contributed by atoms with Crippen LogP contribution in [0.3, 0.4) is 0 Å². The van der Waals surface area contributed by atoms with Gasteiger partial charge in [0.1, 0.15) is 11.9 Å². The summed E-state index contributed by atoms with van der Waals surface area (Å²) in [4.78, 5) is 15.0. The first-order valence-electron chi connectivity index (χ1n) is 10.1. The number of para-hydroxylation sites is 1. The number of amides is 1. The van der Waals surface area contributed by atoms with Crippen LogP contribution in [0.25, 0.3) is 0 Å². The van der Waals surface area contributed by atoms with Gasteiger partial charge in [0.2, 0.25) is 0 Å². The Balaban J connectivity index is 1.85. The Kier molecular flexibility index (Phi) is 6.74. The molecule has 1 heterocycles. The highest BCUT2D eigenvalue weighted by molar-refractivity contribution is 5.96. The van der Waals surface area contributed by atoms with Crippen molar-refractivity contribution in [1.29, 1.82) is 0 Å². The van der Waals surface area contributed by atoms with Crippen LogP contribution in [0, 0.1) is 0 Å². The number of carbonyl (C=O) groups excluding carboxylic acids is 1. The summed E-state index contributed by atoms with van der Waals surface area (Å²) in [7, 11) is 0. The topological polar surface area (TPSA) is 41.6 Å². The molecule has 1 amide bonds. The van der Waals surface area contributed by atoms with Gasteiger partial charge < -0.3 is 15.0 Å². The average Bonchev–Trinajstić information content (AvgIpc) is 2.65. The van der Waals surface area contributed by atoms with Gasteiger partial charge in [-0.1, -0.05) is 31.4 Å². The molecule has 0 saturated heterocycles. The Morgan fingerprint density at radius 3 is 2.76 bits per heavy atom. The lowest BCUT2D eigenvalue weighted by Gasteiger charge is -2.33. The van der Waals surface area contributed by atoms with E-state index < -0.39 is 0 Å². The monoisotopic (exact) mass is 344 g/mol. The average molecular weight is 344 g/mol. The summed E-state index contributed by atoms with van der Waals surface area (Å²) in [6.45, 7) is 4.72. The minimum absolute atomic E-state index is 0.107. The standard InChI is InChI=1S/C21H32N2O2/c1-2-23-16-10-4-3-9-15-22-18-12-6-8-14-20(18)25-19-13-7-5-11-17(19)21(23)24/h5,7,11,13,18,20,22H,2-4,6,8-10,12,14-16H2,1H3/t18-,20+/m1/s1. The smallest absolute Gasteiger partial charge is 0.257 e. The molecule has 1 aliphatic heterocycles. The number of hydrogen-bond acceptors (Lipinski definition) is 3. The fraction of sp³-hybridized carbons (Fsp3) is 0.667.